The van der Waals surface area contributed by atoms with Crippen LogP contribution in [-0.4, -0.2) is 38.1 Å². The van der Waals surface area contributed by atoms with Gasteiger partial charge < -0.3 is 10.2 Å². The quantitative estimate of drug-likeness (QED) is 0.772. The molecule has 94 valence electrons. The summed E-state index contributed by atoms with van der Waals surface area (Å²) in [6.07, 6.45) is 10.2. The summed E-state index contributed by atoms with van der Waals surface area (Å²) in [6, 6.07) is 0. The SMILES string of the molecule is CN(CCC1CCCC1)CC1CCCNC1. The van der Waals surface area contributed by atoms with E-state index in [1.54, 1.807) is 0 Å². The molecule has 1 saturated carbocycles. The molecule has 2 fully saturated rings. The van der Waals surface area contributed by atoms with E-state index in [1.807, 2.05) is 0 Å². The van der Waals surface area contributed by atoms with Crippen molar-refractivity contribution in [2.75, 3.05) is 33.2 Å². The van der Waals surface area contributed by atoms with Crippen molar-refractivity contribution in [2.45, 2.75) is 44.9 Å². The van der Waals surface area contributed by atoms with Gasteiger partial charge in [-0.25, -0.2) is 0 Å². The summed E-state index contributed by atoms with van der Waals surface area (Å²) in [6.45, 7) is 5.11. The Morgan fingerprint density at radius 3 is 2.50 bits per heavy atom. The van der Waals surface area contributed by atoms with E-state index in [-0.39, 0.29) is 0 Å². The summed E-state index contributed by atoms with van der Waals surface area (Å²) in [4.78, 5) is 2.57. The minimum Gasteiger partial charge on any atom is -0.316 e. The van der Waals surface area contributed by atoms with Gasteiger partial charge in [-0.05, 0) is 57.8 Å². The Kier molecular flexibility index (Phi) is 5.11. The van der Waals surface area contributed by atoms with E-state index < -0.39 is 0 Å². The van der Waals surface area contributed by atoms with Gasteiger partial charge >= 0.3 is 0 Å². The molecule has 0 bridgehead atoms. The predicted molar refractivity (Wildman–Crippen MR) is 69.7 cm³/mol. The van der Waals surface area contributed by atoms with Gasteiger partial charge in [0.2, 0.25) is 0 Å². The fourth-order valence-corrected chi connectivity index (χ4v) is 3.31. The van der Waals surface area contributed by atoms with Crippen LogP contribution in [0, 0.1) is 11.8 Å². The Labute approximate surface area is 101 Å². The predicted octanol–water partition coefficient (Wildman–Crippen LogP) is 2.50. The normalized spacial score (nSPS) is 27.8. The van der Waals surface area contributed by atoms with Crippen molar-refractivity contribution in [3.63, 3.8) is 0 Å². The molecule has 1 aliphatic carbocycles. The minimum atomic E-state index is 0.905. The molecular formula is C14H28N2. The maximum atomic E-state index is 3.51. The highest BCUT2D eigenvalue weighted by molar-refractivity contribution is 4.73. The zero-order chi connectivity index (χ0) is 11.2. The van der Waals surface area contributed by atoms with Crippen LogP contribution < -0.4 is 5.32 Å². The van der Waals surface area contributed by atoms with E-state index in [4.69, 9.17) is 0 Å². The van der Waals surface area contributed by atoms with Crippen molar-refractivity contribution in [2.24, 2.45) is 11.8 Å². The van der Waals surface area contributed by atoms with Crippen molar-refractivity contribution in [1.29, 1.82) is 0 Å². The van der Waals surface area contributed by atoms with Crippen LogP contribution in [-0.2, 0) is 0 Å². The number of hydrogen-bond donors (Lipinski definition) is 1. The van der Waals surface area contributed by atoms with Crippen molar-refractivity contribution in [3.05, 3.63) is 0 Å². The second kappa shape index (κ2) is 6.61. The van der Waals surface area contributed by atoms with Crippen molar-refractivity contribution in [3.8, 4) is 0 Å². The maximum Gasteiger partial charge on any atom is 0.00187 e. The maximum absolute atomic E-state index is 3.51. The Hall–Kier alpha value is -0.0800. The molecule has 1 aliphatic heterocycles. The van der Waals surface area contributed by atoms with Gasteiger partial charge in [0.25, 0.3) is 0 Å². The molecule has 2 aliphatic rings. The van der Waals surface area contributed by atoms with Gasteiger partial charge in [0, 0.05) is 6.54 Å². The van der Waals surface area contributed by atoms with Crippen molar-refractivity contribution < 1.29 is 0 Å². The fraction of sp³-hybridized carbons (Fsp3) is 1.00. The van der Waals surface area contributed by atoms with Gasteiger partial charge in [-0.15, -0.1) is 0 Å². The first kappa shape index (κ1) is 12.4. The Morgan fingerprint density at radius 1 is 1.06 bits per heavy atom. The number of nitrogens with zero attached hydrogens (tertiary/aromatic N) is 1. The third-order valence-electron chi connectivity index (χ3n) is 4.36. The Balaban J connectivity index is 1.57. The Bertz CT molecular complexity index is 181. The first-order valence-corrected chi connectivity index (χ1v) is 7.24. The first-order chi connectivity index (χ1) is 7.84. The van der Waals surface area contributed by atoms with Crippen LogP contribution in [0.4, 0.5) is 0 Å². The monoisotopic (exact) mass is 224 g/mol. The molecule has 0 radical (unpaired) electrons. The van der Waals surface area contributed by atoms with Gasteiger partial charge in [0.15, 0.2) is 0 Å². The van der Waals surface area contributed by atoms with E-state index in [2.05, 4.69) is 17.3 Å². The minimum absolute atomic E-state index is 0.905. The molecule has 1 heterocycles. The molecule has 1 N–H and O–H groups in total. The average molecular weight is 224 g/mol. The first-order valence-electron chi connectivity index (χ1n) is 7.24. The standard InChI is InChI=1S/C14H28N2/c1-16(10-8-13-5-2-3-6-13)12-14-7-4-9-15-11-14/h13-15H,2-12H2,1H3. The number of piperidine rings is 1. The molecule has 2 rings (SSSR count). The third kappa shape index (κ3) is 4.06. The van der Waals surface area contributed by atoms with Crippen LogP contribution in [0.2, 0.25) is 0 Å². The second-order valence-electron chi connectivity index (χ2n) is 5.91. The van der Waals surface area contributed by atoms with Gasteiger partial charge in [0.05, 0.1) is 0 Å². The van der Waals surface area contributed by atoms with Crippen LogP contribution in [0.1, 0.15) is 44.9 Å². The molecule has 0 amide bonds. The molecule has 2 heteroatoms. The lowest BCUT2D eigenvalue weighted by Gasteiger charge is -2.28. The smallest absolute Gasteiger partial charge is 0.00187 e. The summed E-state index contributed by atoms with van der Waals surface area (Å²) in [5.41, 5.74) is 0. The number of hydrogen-bond acceptors (Lipinski definition) is 2. The number of rotatable bonds is 5. The van der Waals surface area contributed by atoms with Crippen LogP contribution in [0.25, 0.3) is 0 Å². The molecule has 0 aromatic carbocycles. The molecule has 16 heavy (non-hydrogen) atoms. The summed E-state index contributed by atoms with van der Waals surface area (Å²) < 4.78 is 0. The second-order valence-corrected chi connectivity index (χ2v) is 5.91. The summed E-state index contributed by atoms with van der Waals surface area (Å²) in [5, 5.41) is 3.51. The molecule has 1 unspecified atom stereocenters. The van der Waals surface area contributed by atoms with Gasteiger partial charge in [-0.2, -0.15) is 0 Å². The molecule has 1 saturated heterocycles. The van der Waals surface area contributed by atoms with Crippen LogP contribution >= 0.6 is 0 Å². The molecule has 0 aromatic heterocycles. The van der Waals surface area contributed by atoms with Crippen LogP contribution in [0.15, 0.2) is 0 Å². The summed E-state index contributed by atoms with van der Waals surface area (Å²) in [5.74, 6) is 1.95. The highest BCUT2D eigenvalue weighted by atomic mass is 15.1. The van der Waals surface area contributed by atoms with E-state index in [0.29, 0.717) is 0 Å². The summed E-state index contributed by atoms with van der Waals surface area (Å²) in [7, 11) is 2.31. The van der Waals surface area contributed by atoms with E-state index >= 15 is 0 Å². The summed E-state index contributed by atoms with van der Waals surface area (Å²) >= 11 is 0. The Morgan fingerprint density at radius 2 is 1.81 bits per heavy atom. The molecule has 0 aromatic rings. The van der Waals surface area contributed by atoms with Crippen molar-refractivity contribution >= 4 is 0 Å². The average Bonchev–Trinajstić information content (AvgIpc) is 2.81. The van der Waals surface area contributed by atoms with Gasteiger partial charge in [-0.3, -0.25) is 0 Å². The lowest BCUT2D eigenvalue weighted by atomic mass is 9.98. The van der Waals surface area contributed by atoms with Crippen LogP contribution in [0.3, 0.4) is 0 Å². The lowest BCUT2D eigenvalue weighted by molar-refractivity contribution is 0.230. The molecule has 2 nitrogen and oxygen atoms in total. The zero-order valence-electron chi connectivity index (χ0n) is 10.9. The number of nitrogens with one attached hydrogen (secondary N) is 1. The molecule has 0 spiro atoms. The van der Waals surface area contributed by atoms with Crippen molar-refractivity contribution in [1.82, 2.24) is 10.2 Å². The third-order valence-corrected chi connectivity index (χ3v) is 4.36. The highest BCUT2D eigenvalue weighted by Gasteiger charge is 2.17. The van der Waals surface area contributed by atoms with Gasteiger partial charge in [0.1, 0.15) is 0 Å². The van der Waals surface area contributed by atoms with E-state index in [0.717, 1.165) is 11.8 Å². The molecule has 1 atom stereocenters. The van der Waals surface area contributed by atoms with E-state index in [9.17, 15) is 0 Å². The van der Waals surface area contributed by atoms with Crippen LogP contribution in [0.5, 0.6) is 0 Å². The zero-order valence-corrected chi connectivity index (χ0v) is 10.9. The largest absolute Gasteiger partial charge is 0.316 e. The van der Waals surface area contributed by atoms with E-state index in [1.165, 1.54) is 71.1 Å². The fourth-order valence-electron chi connectivity index (χ4n) is 3.31. The van der Waals surface area contributed by atoms with Gasteiger partial charge in [-0.1, -0.05) is 25.7 Å². The molecular weight excluding hydrogens is 196 g/mol. The lowest BCUT2D eigenvalue weighted by Crippen LogP contribution is -2.37. The highest BCUT2D eigenvalue weighted by Crippen LogP contribution is 2.27. The topological polar surface area (TPSA) is 15.3 Å².